The van der Waals surface area contributed by atoms with E-state index in [9.17, 15) is 4.79 Å². The fourth-order valence-electron chi connectivity index (χ4n) is 3.67. The largest absolute Gasteiger partial charge is 0.453 e. The van der Waals surface area contributed by atoms with Crippen molar-refractivity contribution in [1.82, 2.24) is 0 Å². The molecule has 0 amide bonds. The van der Waals surface area contributed by atoms with Crippen LogP contribution in [0.25, 0.3) is 0 Å². The third kappa shape index (κ3) is 2.47. The first-order chi connectivity index (χ1) is 8.52. The van der Waals surface area contributed by atoms with Gasteiger partial charge in [-0.1, -0.05) is 41.2 Å². The van der Waals surface area contributed by atoms with Crippen LogP contribution in [-0.4, -0.2) is 21.6 Å². The molecule has 2 aliphatic carbocycles. The van der Waals surface area contributed by atoms with Crippen molar-refractivity contribution in [2.45, 2.75) is 49.6 Å². The molecule has 0 aromatic carbocycles. The number of rotatable bonds is 1. The van der Waals surface area contributed by atoms with Crippen molar-refractivity contribution in [1.29, 1.82) is 0 Å². The van der Waals surface area contributed by atoms with Crippen LogP contribution in [-0.2, 0) is 4.74 Å². The van der Waals surface area contributed by atoms with E-state index >= 15 is 0 Å². The van der Waals surface area contributed by atoms with Gasteiger partial charge < -0.3 is 4.74 Å². The van der Waals surface area contributed by atoms with Gasteiger partial charge in [-0.25, -0.2) is 4.79 Å². The van der Waals surface area contributed by atoms with E-state index in [2.05, 4.69) is 42.5 Å². The number of halogens is 1. The molecule has 0 aromatic rings. The molecule has 0 spiro atoms. The van der Waals surface area contributed by atoms with Gasteiger partial charge >= 0.3 is 5.30 Å². The first-order valence-electron chi connectivity index (χ1n) is 6.57. The van der Waals surface area contributed by atoms with Crippen LogP contribution in [0.4, 0.5) is 4.79 Å². The van der Waals surface area contributed by atoms with Gasteiger partial charge in [0.05, 0.1) is 0 Å². The first-order valence-corrected chi connectivity index (χ1v) is 9.04. The summed E-state index contributed by atoms with van der Waals surface area (Å²) < 4.78 is 6.18. The molecule has 0 heterocycles. The minimum atomic E-state index is -0.125. The van der Waals surface area contributed by atoms with Crippen LogP contribution in [0.3, 0.4) is 0 Å². The van der Waals surface area contributed by atoms with Gasteiger partial charge in [0.15, 0.2) is 0 Å². The van der Waals surface area contributed by atoms with Crippen LogP contribution in [0.15, 0.2) is 11.6 Å². The molecule has 0 unspecified atom stereocenters. The normalized spacial score (nSPS) is 41.8. The van der Waals surface area contributed by atoms with Crippen molar-refractivity contribution in [3.05, 3.63) is 11.6 Å². The van der Waals surface area contributed by atoms with Gasteiger partial charge in [0.2, 0.25) is 0 Å². The summed E-state index contributed by atoms with van der Waals surface area (Å²) in [5.41, 5.74) is 1.83. The molecule has 2 saturated carbocycles. The lowest BCUT2D eigenvalue weighted by molar-refractivity contribution is 0.0172. The van der Waals surface area contributed by atoms with Crippen molar-refractivity contribution < 1.29 is 9.53 Å². The number of allylic oxidation sites excluding steroid dienone is 2. The molecule has 0 radical (unpaired) electrons. The molecular weight excluding hydrogens is 359 g/mol. The van der Waals surface area contributed by atoms with E-state index in [1.807, 2.05) is 0 Å². The lowest BCUT2D eigenvalue weighted by Gasteiger charge is -2.44. The van der Waals surface area contributed by atoms with Crippen molar-refractivity contribution >= 4 is 39.7 Å². The van der Waals surface area contributed by atoms with Crippen molar-refractivity contribution in [3.63, 3.8) is 0 Å². The van der Waals surface area contributed by atoms with Gasteiger partial charge in [-0.15, -0.1) is 0 Å². The van der Waals surface area contributed by atoms with E-state index in [4.69, 9.17) is 4.74 Å². The van der Waals surface area contributed by atoms with Gasteiger partial charge in [0, 0.05) is 9.84 Å². The average molecular weight is 380 g/mol. The summed E-state index contributed by atoms with van der Waals surface area (Å²) >= 11 is 3.65. The van der Waals surface area contributed by atoms with E-state index in [1.165, 1.54) is 31.0 Å². The average Bonchev–Trinajstić information content (AvgIpc) is 2.70. The Morgan fingerprint density at radius 2 is 2.28 bits per heavy atom. The van der Waals surface area contributed by atoms with E-state index in [-0.39, 0.29) is 16.8 Å². The predicted octanol–water partition coefficient (Wildman–Crippen LogP) is 4.81. The lowest BCUT2D eigenvalue weighted by atomic mass is 9.66. The fraction of sp³-hybridized carbons (Fsp3) is 0.786. The van der Waals surface area contributed by atoms with Gasteiger partial charge in [0.25, 0.3) is 0 Å². The van der Waals surface area contributed by atoms with Crippen molar-refractivity contribution in [2.24, 2.45) is 11.3 Å². The summed E-state index contributed by atoms with van der Waals surface area (Å²) in [7, 11) is 0. The minimum Gasteiger partial charge on any atom is -0.453 e. The lowest BCUT2D eigenvalue weighted by Crippen LogP contribution is -2.45. The molecule has 18 heavy (non-hydrogen) atoms. The number of carbonyl (C=O) groups is 1. The van der Waals surface area contributed by atoms with Gasteiger partial charge in [-0.3, -0.25) is 0 Å². The molecule has 0 aliphatic heterocycles. The van der Waals surface area contributed by atoms with Crippen LogP contribution in [0.5, 0.6) is 0 Å². The molecule has 4 atom stereocenters. The number of thioether (sulfide) groups is 1. The monoisotopic (exact) mass is 380 g/mol. The standard InChI is InChI=1S/C14H21IO2S/c1-4-9-5-6-10-12(17-13(16)18-3)11(15)7-8-14(9,10)2/h4,10-12H,5-8H2,1-3H3/b9-4-/t10-,11+,12+,14+/m0/s1. The van der Waals surface area contributed by atoms with Gasteiger partial charge in [-0.05, 0) is 56.0 Å². The van der Waals surface area contributed by atoms with Crippen LogP contribution < -0.4 is 0 Å². The maximum absolute atomic E-state index is 11.6. The van der Waals surface area contributed by atoms with E-state index in [0.717, 1.165) is 6.42 Å². The Bertz CT molecular complexity index is 369. The zero-order valence-corrected chi connectivity index (χ0v) is 14.2. The van der Waals surface area contributed by atoms with Crippen molar-refractivity contribution in [3.8, 4) is 0 Å². The number of alkyl halides is 1. The molecule has 2 nitrogen and oxygen atoms in total. The number of hydrogen-bond donors (Lipinski definition) is 0. The maximum atomic E-state index is 11.6. The summed E-state index contributed by atoms with van der Waals surface area (Å²) in [6.45, 7) is 4.50. The second-order valence-corrected chi connectivity index (χ2v) is 7.81. The molecular formula is C14H21IO2S. The topological polar surface area (TPSA) is 26.3 Å². The Kier molecular flexibility index (Phi) is 4.68. The Hall–Kier alpha value is 0.290. The quantitative estimate of drug-likeness (QED) is 0.283. The molecule has 4 heteroatoms. The number of ether oxygens (including phenoxy) is 1. The first kappa shape index (κ1) is 14.7. The Labute approximate surface area is 127 Å². The Balaban J connectivity index is 2.22. The zero-order chi connectivity index (χ0) is 13.3. The SMILES string of the molecule is C/C=C1/CC[C@H]2[C@@H](OC(=O)SC)[C@H](I)CC[C@]12C. The highest BCUT2D eigenvalue weighted by Crippen LogP contribution is 2.57. The molecule has 2 aliphatic rings. The third-order valence-electron chi connectivity index (χ3n) is 4.72. The number of fused-ring (bicyclic) bond motifs is 1. The Morgan fingerprint density at radius 1 is 1.56 bits per heavy atom. The molecule has 2 rings (SSSR count). The van der Waals surface area contributed by atoms with Crippen LogP contribution >= 0.6 is 34.4 Å². The molecule has 0 bridgehead atoms. The fourth-order valence-corrected chi connectivity index (χ4v) is 4.84. The highest BCUT2D eigenvalue weighted by molar-refractivity contribution is 14.1. The summed E-state index contributed by atoms with van der Waals surface area (Å²) in [5.74, 6) is 0.510. The summed E-state index contributed by atoms with van der Waals surface area (Å²) in [6, 6.07) is 0. The van der Waals surface area contributed by atoms with Crippen LogP contribution in [0, 0.1) is 11.3 Å². The van der Waals surface area contributed by atoms with Crippen LogP contribution in [0.1, 0.15) is 39.5 Å². The van der Waals surface area contributed by atoms with E-state index < -0.39 is 0 Å². The second-order valence-electron chi connectivity index (χ2n) is 5.47. The predicted molar refractivity (Wildman–Crippen MR) is 85.4 cm³/mol. The highest BCUT2D eigenvalue weighted by atomic mass is 127. The third-order valence-corrected chi connectivity index (χ3v) is 6.48. The summed E-state index contributed by atoms with van der Waals surface area (Å²) in [6.07, 6.45) is 8.90. The Morgan fingerprint density at radius 3 is 2.89 bits per heavy atom. The summed E-state index contributed by atoms with van der Waals surface area (Å²) in [5, 5.41) is -0.125. The minimum absolute atomic E-state index is 0.0988. The molecule has 2 fully saturated rings. The van der Waals surface area contributed by atoms with Crippen LogP contribution in [0.2, 0.25) is 0 Å². The molecule has 0 N–H and O–H groups in total. The number of hydrogen-bond acceptors (Lipinski definition) is 3. The molecule has 102 valence electrons. The second kappa shape index (κ2) is 5.73. The van der Waals surface area contributed by atoms with Crippen molar-refractivity contribution in [2.75, 3.05) is 6.26 Å². The summed E-state index contributed by atoms with van der Waals surface area (Å²) in [4.78, 5) is 11.6. The maximum Gasteiger partial charge on any atom is 0.367 e. The van der Waals surface area contributed by atoms with E-state index in [0.29, 0.717) is 9.84 Å². The van der Waals surface area contributed by atoms with Gasteiger partial charge in [0.1, 0.15) is 6.10 Å². The van der Waals surface area contributed by atoms with Gasteiger partial charge in [-0.2, -0.15) is 0 Å². The molecule has 0 aromatic heterocycles. The number of carbonyl (C=O) groups excluding carboxylic acids is 1. The molecule has 0 saturated heterocycles. The smallest absolute Gasteiger partial charge is 0.367 e. The van der Waals surface area contributed by atoms with E-state index in [1.54, 1.807) is 11.8 Å². The highest BCUT2D eigenvalue weighted by Gasteiger charge is 2.52. The zero-order valence-electron chi connectivity index (χ0n) is 11.2.